The Morgan fingerprint density at radius 3 is 2.42 bits per heavy atom. The summed E-state index contributed by atoms with van der Waals surface area (Å²) in [6.45, 7) is 3.49. The number of H-pyrrole nitrogens is 2. The quantitative estimate of drug-likeness (QED) is 0.336. The highest BCUT2D eigenvalue weighted by atomic mass is 15.2. The predicted octanol–water partition coefficient (Wildman–Crippen LogP) is 6.90. The van der Waals surface area contributed by atoms with Crippen LogP contribution in [0.3, 0.4) is 0 Å². The molecule has 4 aromatic rings. The lowest BCUT2D eigenvalue weighted by atomic mass is 9.76. The number of hydrogen-bond donors (Lipinski definition) is 2. The molecule has 3 heterocycles. The van der Waals surface area contributed by atoms with E-state index in [2.05, 4.69) is 76.4 Å². The molecule has 1 saturated carbocycles. The summed E-state index contributed by atoms with van der Waals surface area (Å²) in [6.07, 6.45) is 14.7. The second-order valence-electron chi connectivity index (χ2n) is 11.5. The molecular formula is C31H35N5. The monoisotopic (exact) mass is 477 g/mol. The minimum Gasteiger partial charge on any atom is -0.345 e. The van der Waals surface area contributed by atoms with Crippen molar-refractivity contribution in [3.8, 4) is 33.6 Å². The molecule has 2 atom stereocenters. The van der Waals surface area contributed by atoms with Gasteiger partial charge in [0.25, 0.3) is 0 Å². The van der Waals surface area contributed by atoms with E-state index in [0.29, 0.717) is 11.5 Å². The van der Waals surface area contributed by atoms with E-state index in [-0.39, 0.29) is 0 Å². The van der Waals surface area contributed by atoms with Gasteiger partial charge in [0.2, 0.25) is 0 Å². The molecule has 3 aliphatic rings. The summed E-state index contributed by atoms with van der Waals surface area (Å²) in [5.41, 5.74) is 11.0. The molecule has 2 aromatic carbocycles. The van der Waals surface area contributed by atoms with E-state index in [4.69, 9.17) is 4.98 Å². The Hall–Kier alpha value is -3.18. The molecule has 0 radical (unpaired) electrons. The summed E-state index contributed by atoms with van der Waals surface area (Å²) >= 11 is 0. The Morgan fingerprint density at radius 2 is 1.69 bits per heavy atom. The Labute approximate surface area is 213 Å². The molecule has 5 heteroatoms. The Morgan fingerprint density at radius 1 is 0.917 bits per heavy atom. The molecule has 184 valence electrons. The average Bonchev–Trinajstić information content (AvgIpc) is 3.72. The average molecular weight is 478 g/mol. The predicted molar refractivity (Wildman–Crippen MR) is 145 cm³/mol. The van der Waals surface area contributed by atoms with Crippen LogP contribution in [0.5, 0.6) is 0 Å². The molecule has 0 amide bonds. The fourth-order valence-electron chi connectivity index (χ4n) is 7.51. The molecule has 7 rings (SSSR count). The van der Waals surface area contributed by atoms with Crippen LogP contribution in [-0.2, 0) is 11.8 Å². The third kappa shape index (κ3) is 3.47. The van der Waals surface area contributed by atoms with E-state index in [1.54, 1.807) is 17.5 Å². The highest BCUT2D eigenvalue weighted by Gasteiger charge is 2.43. The lowest BCUT2D eigenvalue weighted by Gasteiger charge is -2.28. The number of benzene rings is 2. The number of aromatic amines is 2. The second kappa shape index (κ2) is 8.45. The van der Waals surface area contributed by atoms with Crippen LogP contribution in [0.4, 0.5) is 0 Å². The topological polar surface area (TPSA) is 60.6 Å². The van der Waals surface area contributed by atoms with Crippen LogP contribution in [0.15, 0.2) is 55.1 Å². The van der Waals surface area contributed by atoms with Gasteiger partial charge in [0.15, 0.2) is 0 Å². The maximum Gasteiger partial charge on any atom is 0.123 e. The normalized spacial score (nSPS) is 23.1. The first kappa shape index (κ1) is 22.1. The first-order valence-electron chi connectivity index (χ1n) is 13.6. The molecule has 0 bridgehead atoms. The van der Waals surface area contributed by atoms with Crippen LogP contribution in [0.1, 0.15) is 68.4 Å². The van der Waals surface area contributed by atoms with Gasteiger partial charge < -0.3 is 9.97 Å². The van der Waals surface area contributed by atoms with Crippen LogP contribution >= 0.6 is 0 Å². The number of imidazole rings is 2. The molecular weight excluding hydrogens is 442 g/mol. The Kier molecular flexibility index (Phi) is 5.17. The lowest BCUT2D eigenvalue weighted by Crippen LogP contribution is -2.19. The molecule has 1 spiro atoms. The molecule has 2 unspecified atom stereocenters. The van der Waals surface area contributed by atoms with E-state index in [1.165, 1.54) is 72.9 Å². The van der Waals surface area contributed by atoms with Gasteiger partial charge in [-0.15, -0.1) is 0 Å². The zero-order chi connectivity index (χ0) is 24.3. The zero-order valence-corrected chi connectivity index (χ0v) is 21.3. The molecule has 2 N–H and O–H groups in total. The van der Waals surface area contributed by atoms with Gasteiger partial charge in [-0.25, -0.2) is 9.97 Å². The van der Waals surface area contributed by atoms with E-state index < -0.39 is 0 Å². The van der Waals surface area contributed by atoms with Gasteiger partial charge in [0, 0.05) is 12.1 Å². The highest BCUT2D eigenvalue weighted by molar-refractivity contribution is 5.80. The minimum absolute atomic E-state index is 0.340. The zero-order valence-electron chi connectivity index (χ0n) is 21.3. The molecule has 2 aromatic heterocycles. The van der Waals surface area contributed by atoms with Crippen molar-refractivity contribution >= 4 is 0 Å². The highest BCUT2D eigenvalue weighted by Crippen LogP contribution is 2.55. The van der Waals surface area contributed by atoms with Gasteiger partial charge >= 0.3 is 0 Å². The van der Waals surface area contributed by atoms with Gasteiger partial charge in [-0.05, 0) is 78.3 Å². The third-order valence-electron chi connectivity index (χ3n) is 9.22. The van der Waals surface area contributed by atoms with E-state index in [0.717, 1.165) is 24.0 Å². The van der Waals surface area contributed by atoms with Crippen molar-refractivity contribution in [2.75, 3.05) is 13.6 Å². The number of aromatic nitrogens is 4. The smallest absolute Gasteiger partial charge is 0.123 e. The van der Waals surface area contributed by atoms with E-state index in [1.807, 2.05) is 6.20 Å². The van der Waals surface area contributed by atoms with Gasteiger partial charge in [-0.1, -0.05) is 56.2 Å². The van der Waals surface area contributed by atoms with Crippen molar-refractivity contribution in [2.45, 2.75) is 63.3 Å². The number of likely N-dealkylation sites (tertiary alicyclic amines) is 1. The minimum atomic E-state index is 0.340. The van der Waals surface area contributed by atoms with Gasteiger partial charge in [-0.2, -0.15) is 0 Å². The fourth-order valence-corrected chi connectivity index (χ4v) is 7.51. The summed E-state index contributed by atoms with van der Waals surface area (Å²) in [5, 5.41) is 0. The van der Waals surface area contributed by atoms with Crippen molar-refractivity contribution in [1.29, 1.82) is 0 Å². The van der Waals surface area contributed by atoms with Crippen LogP contribution < -0.4 is 0 Å². The SMILES string of the molecule is CC1CC(c2ncc(-c3ccc(-c4ccc(-c5cnc[nH]5)cc4)c4c3CCC43CCCC3)[nH]2)N(C)C1. The number of fused-ring (bicyclic) bond motifs is 2. The van der Waals surface area contributed by atoms with Crippen molar-refractivity contribution in [3.63, 3.8) is 0 Å². The largest absolute Gasteiger partial charge is 0.345 e. The maximum absolute atomic E-state index is 4.88. The van der Waals surface area contributed by atoms with Crippen LogP contribution in [0, 0.1) is 5.92 Å². The summed E-state index contributed by atoms with van der Waals surface area (Å²) in [5.74, 6) is 1.84. The number of rotatable bonds is 4. The van der Waals surface area contributed by atoms with Crippen LogP contribution in [-0.4, -0.2) is 38.4 Å². The van der Waals surface area contributed by atoms with Crippen LogP contribution in [0.2, 0.25) is 0 Å². The summed E-state index contributed by atoms with van der Waals surface area (Å²) in [6, 6.07) is 14.2. The van der Waals surface area contributed by atoms with Crippen molar-refractivity contribution in [3.05, 3.63) is 72.1 Å². The first-order chi connectivity index (χ1) is 17.6. The number of nitrogens with zero attached hydrogens (tertiary/aromatic N) is 3. The first-order valence-corrected chi connectivity index (χ1v) is 13.6. The molecule has 36 heavy (non-hydrogen) atoms. The molecule has 1 saturated heterocycles. The lowest BCUT2D eigenvalue weighted by molar-refractivity contribution is 0.305. The molecule has 2 aliphatic carbocycles. The Bertz CT molecular complexity index is 1380. The third-order valence-corrected chi connectivity index (χ3v) is 9.22. The Balaban J connectivity index is 1.31. The van der Waals surface area contributed by atoms with E-state index in [9.17, 15) is 0 Å². The molecule has 1 aliphatic heterocycles. The van der Waals surface area contributed by atoms with Gasteiger partial charge in [0.1, 0.15) is 5.82 Å². The molecule has 5 nitrogen and oxygen atoms in total. The number of hydrogen-bond acceptors (Lipinski definition) is 3. The van der Waals surface area contributed by atoms with Crippen molar-refractivity contribution < 1.29 is 0 Å². The number of nitrogens with one attached hydrogen (secondary N) is 2. The van der Waals surface area contributed by atoms with E-state index >= 15 is 0 Å². The maximum atomic E-state index is 4.88. The second-order valence-corrected chi connectivity index (χ2v) is 11.5. The fraction of sp³-hybridized carbons (Fsp3) is 0.419. The summed E-state index contributed by atoms with van der Waals surface area (Å²) in [4.78, 5) is 18.5. The van der Waals surface area contributed by atoms with Crippen molar-refractivity contribution in [2.24, 2.45) is 5.92 Å². The van der Waals surface area contributed by atoms with Gasteiger partial charge in [0.05, 0.1) is 36.2 Å². The standard InChI is InChI=1S/C31H35N5/c1-20-15-28(36(2)18-20)30-33-17-27(35-30)24-10-9-23(29-25(24)11-14-31(29)12-3-4-13-31)21-5-7-22(8-6-21)26-16-32-19-34-26/h5-10,16-17,19-20,28H,3-4,11-15,18H2,1-2H3,(H,32,34)(H,33,35). The van der Waals surface area contributed by atoms with Gasteiger partial charge in [-0.3, -0.25) is 4.90 Å². The van der Waals surface area contributed by atoms with Crippen molar-refractivity contribution in [1.82, 2.24) is 24.8 Å². The summed E-state index contributed by atoms with van der Waals surface area (Å²) < 4.78 is 0. The molecule has 2 fully saturated rings. The summed E-state index contributed by atoms with van der Waals surface area (Å²) in [7, 11) is 2.23. The van der Waals surface area contributed by atoms with Crippen LogP contribution in [0.25, 0.3) is 33.6 Å².